The molecule has 2 N–H and O–H groups in total. The van der Waals surface area contributed by atoms with Gasteiger partial charge < -0.3 is 15.2 Å². The number of hydrogen-bond acceptors (Lipinski definition) is 3. The zero-order valence-electron chi connectivity index (χ0n) is 9.62. The third-order valence-electron chi connectivity index (χ3n) is 3.70. The first-order valence-corrected chi connectivity index (χ1v) is 6.80. The number of fused-ring (bicyclic) bond motifs is 1. The lowest BCUT2D eigenvalue weighted by Gasteiger charge is -2.43. The summed E-state index contributed by atoms with van der Waals surface area (Å²) in [5.74, 6) is 0.931. The first-order valence-electron chi connectivity index (χ1n) is 6.00. The highest BCUT2D eigenvalue weighted by Gasteiger charge is 2.41. The maximum atomic E-state index is 6.27. The molecule has 1 spiro atoms. The number of hydrogen-bond donors (Lipinski definition) is 1. The van der Waals surface area contributed by atoms with Crippen molar-refractivity contribution in [3.63, 3.8) is 0 Å². The first-order chi connectivity index (χ1) is 8.19. The van der Waals surface area contributed by atoms with Crippen molar-refractivity contribution in [2.24, 2.45) is 5.73 Å². The number of benzene rings is 1. The molecule has 0 aliphatic carbocycles. The van der Waals surface area contributed by atoms with Crippen LogP contribution in [-0.2, 0) is 4.74 Å². The van der Waals surface area contributed by atoms with Crippen LogP contribution in [0.3, 0.4) is 0 Å². The van der Waals surface area contributed by atoms with Gasteiger partial charge >= 0.3 is 0 Å². The summed E-state index contributed by atoms with van der Waals surface area (Å²) < 4.78 is 12.7. The molecular formula is C13H16BrNO2. The van der Waals surface area contributed by atoms with Crippen molar-refractivity contribution in [1.29, 1.82) is 0 Å². The lowest BCUT2D eigenvalue weighted by molar-refractivity contribution is -0.0621. The second kappa shape index (κ2) is 4.26. The lowest BCUT2D eigenvalue weighted by atomic mass is 9.82. The fourth-order valence-electron chi connectivity index (χ4n) is 2.74. The van der Waals surface area contributed by atoms with Crippen LogP contribution in [0.2, 0.25) is 0 Å². The first kappa shape index (κ1) is 11.5. The minimum atomic E-state index is -0.106. The van der Waals surface area contributed by atoms with E-state index in [0.29, 0.717) is 0 Å². The molecule has 0 saturated carbocycles. The van der Waals surface area contributed by atoms with Crippen molar-refractivity contribution in [3.8, 4) is 5.75 Å². The van der Waals surface area contributed by atoms with E-state index in [0.717, 1.165) is 48.3 Å². The molecule has 2 aliphatic heterocycles. The Morgan fingerprint density at radius 3 is 2.82 bits per heavy atom. The van der Waals surface area contributed by atoms with Gasteiger partial charge in [-0.3, -0.25) is 0 Å². The van der Waals surface area contributed by atoms with E-state index < -0.39 is 0 Å². The van der Waals surface area contributed by atoms with Gasteiger partial charge in [0.15, 0.2) is 0 Å². The van der Waals surface area contributed by atoms with Crippen LogP contribution in [0, 0.1) is 0 Å². The van der Waals surface area contributed by atoms with Crippen molar-refractivity contribution in [2.45, 2.75) is 30.9 Å². The van der Waals surface area contributed by atoms with E-state index in [1.165, 1.54) is 0 Å². The number of rotatable bonds is 0. The fraction of sp³-hybridized carbons (Fsp3) is 0.538. The highest BCUT2D eigenvalue weighted by molar-refractivity contribution is 9.10. The van der Waals surface area contributed by atoms with Gasteiger partial charge in [-0.1, -0.05) is 22.0 Å². The third kappa shape index (κ3) is 2.09. The summed E-state index contributed by atoms with van der Waals surface area (Å²) >= 11 is 3.48. The Balaban J connectivity index is 1.95. The molecule has 3 rings (SSSR count). The summed E-state index contributed by atoms with van der Waals surface area (Å²) in [5, 5.41) is 0. The molecular weight excluding hydrogens is 282 g/mol. The number of nitrogens with two attached hydrogens (primary N) is 1. The van der Waals surface area contributed by atoms with E-state index >= 15 is 0 Å². The van der Waals surface area contributed by atoms with Gasteiger partial charge in [-0.05, 0) is 12.1 Å². The number of halogens is 1. The second-order valence-electron chi connectivity index (χ2n) is 4.89. The molecule has 17 heavy (non-hydrogen) atoms. The maximum Gasteiger partial charge on any atom is 0.126 e. The van der Waals surface area contributed by atoms with Gasteiger partial charge in [-0.2, -0.15) is 0 Å². The molecule has 0 radical (unpaired) electrons. The zero-order valence-corrected chi connectivity index (χ0v) is 11.2. The molecule has 1 fully saturated rings. The molecule has 4 heteroatoms. The largest absolute Gasteiger partial charge is 0.487 e. The SMILES string of the molecule is N[C@H]1CC2(CCOCC2)Oc2cc(Br)ccc21. The Morgan fingerprint density at radius 2 is 2.06 bits per heavy atom. The molecule has 1 aromatic rings. The van der Waals surface area contributed by atoms with Gasteiger partial charge in [0.25, 0.3) is 0 Å². The Bertz CT molecular complexity index is 429. The Morgan fingerprint density at radius 1 is 1.29 bits per heavy atom. The van der Waals surface area contributed by atoms with Crippen LogP contribution < -0.4 is 10.5 Å². The van der Waals surface area contributed by atoms with E-state index in [1.807, 2.05) is 12.1 Å². The second-order valence-corrected chi connectivity index (χ2v) is 5.81. The van der Waals surface area contributed by atoms with Crippen molar-refractivity contribution >= 4 is 15.9 Å². The normalized spacial score (nSPS) is 26.4. The quantitative estimate of drug-likeness (QED) is 0.801. The van der Waals surface area contributed by atoms with E-state index in [4.69, 9.17) is 15.2 Å². The van der Waals surface area contributed by atoms with E-state index in [2.05, 4.69) is 22.0 Å². The van der Waals surface area contributed by atoms with Crippen molar-refractivity contribution < 1.29 is 9.47 Å². The molecule has 0 unspecified atom stereocenters. The van der Waals surface area contributed by atoms with Crippen LogP contribution in [0.4, 0.5) is 0 Å². The molecule has 0 bridgehead atoms. The topological polar surface area (TPSA) is 44.5 Å². The smallest absolute Gasteiger partial charge is 0.126 e. The highest BCUT2D eigenvalue weighted by atomic mass is 79.9. The molecule has 1 atom stereocenters. The van der Waals surface area contributed by atoms with Crippen LogP contribution in [0.15, 0.2) is 22.7 Å². The average Bonchev–Trinajstić information content (AvgIpc) is 2.29. The Kier molecular flexibility index (Phi) is 2.89. The van der Waals surface area contributed by atoms with E-state index in [9.17, 15) is 0 Å². The summed E-state index contributed by atoms with van der Waals surface area (Å²) in [6.45, 7) is 1.55. The molecule has 0 aromatic heterocycles. The molecule has 2 heterocycles. The fourth-order valence-corrected chi connectivity index (χ4v) is 3.08. The third-order valence-corrected chi connectivity index (χ3v) is 4.19. The van der Waals surface area contributed by atoms with Crippen LogP contribution in [0.5, 0.6) is 5.75 Å². The summed E-state index contributed by atoms with van der Waals surface area (Å²) in [6.07, 6.45) is 2.77. The molecule has 3 nitrogen and oxygen atoms in total. The highest BCUT2D eigenvalue weighted by Crippen LogP contribution is 2.43. The Hall–Kier alpha value is -0.580. The van der Waals surface area contributed by atoms with Crippen LogP contribution in [0.1, 0.15) is 30.9 Å². The van der Waals surface area contributed by atoms with Gasteiger partial charge in [0.1, 0.15) is 11.4 Å². The van der Waals surface area contributed by atoms with Gasteiger partial charge in [0.05, 0.1) is 13.2 Å². The van der Waals surface area contributed by atoms with Crippen LogP contribution in [-0.4, -0.2) is 18.8 Å². The van der Waals surface area contributed by atoms with Gasteiger partial charge in [0.2, 0.25) is 0 Å². The average molecular weight is 298 g/mol. The van der Waals surface area contributed by atoms with Crippen molar-refractivity contribution in [1.82, 2.24) is 0 Å². The minimum Gasteiger partial charge on any atom is -0.487 e. The maximum absolute atomic E-state index is 6.27. The summed E-state index contributed by atoms with van der Waals surface area (Å²) in [7, 11) is 0. The summed E-state index contributed by atoms with van der Waals surface area (Å²) in [5.41, 5.74) is 7.28. The lowest BCUT2D eigenvalue weighted by Crippen LogP contribution is -2.47. The molecule has 1 aromatic carbocycles. The molecule has 92 valence electrons. The summed E-state index contributed by atoms with van der Waals surface area (Å²) in [6, 6.07) is 6.16. The predicted octanol–water partition coefficient (Wildman–Crippen LogP) is 2.78. The summed E-state index contributed by atoms with van der Waals surface area (Å²) in [4.78, 5) is 0. The minimum absolute atomic E-state index is 0.0740. The predicted molar refractivity (Wildman–Crippen MR) is 69.1 cm³/mol. The van der Waals surface area contributed by atoms with E-state index in [1.54, 1.807) is 0 Å². The Labute approximate surface area is 109 Å². The molecule has 2 aliphatic rings. The number of ether oxygens (including phenoxy) is 2. The molecule has 1 saturated heterocycles. The standard InChI is InChI=1S/C13H16BrNO2/c14-9-1-2-10-11(15)8-13(17-12(10)7-9)3-5-16-6-4-13/h1-2,7,11H,3-6,8,15H2/t11-/m0/s1. The zero-order chi connectivity index (χ0) is 11.9. The van der Waals surface area contributed by atoms with Crippen molar-refractivity contribution in [3.05, 3.63) is 28.2 Å². The van der Waals surface area contributed by atoms with E-state index in [-0.39, 0.29) is 11.6 Å². The van der Waals surface area contributed by atoms with Crippen LogP contribution in [0.25, 0.3) is 0 Å². The van der Waals surface area contributed by atoms with Gasteiger partial charge in [0, 0.05) is 35.3 Å². The monoisotopic (exact) mass is 297 g/mol. The van der Waals surface area contributed by atoms with Gasteiger partial charge in [-0.15, -0.1) is 0 Å². The van der Waals surface area contributed by atoms with Crippen LogP contribution >= 0.6 is 15.9 Å². The van der Waals surface area contributed by atoms with Crippen molar-refractivity contribution in [2.75, 3.05) is 13.2 Å². The molecule has 0 amide bonds. The van der Waals surface area contributed by atoms with Gasteiger partial charge in [-0.25, -0.2) is 0 Å².